The Morgan fingerprint density at radius 3 is 2.68 bits per heavy atom. The number of rotatable bonds is 6. The highest BCUT2D eigenvalue weighted by Gasteiger charge is 2.37. The number of halogens is 4. The molecule has 2 aromatic rings. The molecule has 0 spiro atoms. The van der Waals surface area contributed by atoms with E-state index in [4.69, 9.17) is 11.6 Å². The van der Waals surface area contributed by atoms with Gasteiger partial charge in [-0.3, -0.25) is 9.48 Å². The van der Waals surface area contributed by atoms with Crippen LogP contribution in [-0.4, -0.2) is 22.2 Å². The molecule has 1 aromatic carbocycles. The Balaban J connectivity index is 1.56. The summed E-state index contributed by atoms with van der Waals surface area (Å²) in [5.41, 5.74) is 0.153. The minimum absolute atomic E-state index is 0.168. The van der Waals surface area contributed by atoms with E-state index in [1.165, 1.54) is 4.68 Å². The van der Waals surface area contributed by atoms with Gasteiger partial charge in [0.1, 0.15) is 0 Å². The summed E-state index contributed by atoms with van der Waals surface area (Å²) in [6.07, 6.45) is -2.17. The first kappa shape index (κ1) is 17.8. The maximum absolute atomic E-state index is 12.8. The van der Waals surface area contributed by atoms with Crippen LogP contribution in [0.3, 0.4) is 0 Å². The van der Waals surface area contributed by atoms with Crippen molar-refractivity contribution in [3.63, 3.8) is 0 Å². The third kappa shape index (κ3) is 4.34. The van der Waals surface area contributed by atoms with Crippen molar-refractivity contribution in [1.82, 2.24) is 15.1 Å². The third-order valence-electron chi connectivity index (χ3n) is 4.05. The summed E-state index contributed by atoms with van der Waals surface area (Å²) in [4.78, 5) is 12.0. The number of aryl methyl sites for hydroxylation is 1. The lowest BCUT2D eigenvalue weighted by Crippen LogP contribution is -2.25. The lowest BCUT2D eigenvalue weighted by atomic mass is 10.2. The number of carbonyl (C=O) groups is 1. The zero-order valence-electron chi connectivity index (χ0n) is 13.3. The highest BCUT2D eigenvalue weighted by molar-refractivity contribution is 6.33. The number of benzene rings is 1. The average molecular weight is 372 g/mol. The molecule has 0 saturated heterocycles. The van der Waals surface area contributed by atoms with Crippen LogP contribution in [0.2, 0.25) is 5.02 Å². The Hall–Kier alpha value is -2.02. The molecule has 1 saturated carbocycles. The molecule has 0 bridgehead atoms. The summed E-state index contributed by atoms with van der Waals surface area (Å²) in [5, 5.41) is 6.77. The Morgan fingerprint density at radius 2 is 2.04 bits per heavy atom. The number of hydrogen-bond acceptors (Lipinski definition) is 2. The van der Waals surface area contributed by atoms with Crippen molar-refractivity contribution in [1.29, 1.82) is 0 Å². The Bertz CT molecular complexity index is 769. The van der Waals surface area contributed by atoms with E-state index in [-0.39, 0.29) is 11.8 Å². The van der Waals surface area contributed by atoms with Gasteiger partial charge in [-0.2, -0.15) is 18.3 Å². The van der Waals surface area contributed by atoms with Gasteiger partial charge in [-0.25, -0.2) is 0 Å². The quantitative estimate of drug-likeness (QED) is 0.771. The molecule has 1 amide bonds. The van der Waals surface area contributed by atoms with Gasteiger partial charge in [0.15, 0.2) is 5.69 Å². The van der Waals surface area contributed by atoms with Crippen LogP contribution < -0.4 is 5.32 Å². The van der Waals surface area contributed by atoms with E-state index in [0.29, 0.717) is 35.8 Å². The summed E-state index contributed by atoms with van der Waals surface area (Å²) in [6, 6.07) is 7.83. The molecule has 8 heteroatoms. The van der Waals surface area contributed by atoms with Crippen LogP contribution in [0.25, 0.3) is 0 Å². The van der Waals surface area contributed by atoms with Crippen LogP contribution in [0, 0.1) is 0 Å². The van der Waals surface area contributed by atoms with Gasteiger partial charge in [-0.05, 0) is 37.5 Å². The van der Waals surface area contributed by atoms with Crippen molar-refractivity contribution in [3.8, 4) is 0 Å². The van der Waals surface area contributed by atoms with E-state index in [0.717, 1.165) is 18.9 Å². The predicted molar refractivity (Wildman–Crippen MR) is 87.6 cm³/mol. The molecule has 0 radical (unpaired) electrons. The van der Waals surface area contributed by atoms with Crippen molar-refractivity contribution < 1.29 is 18.0 Å². The standard InChI is InChI=1S/C17H17ClF3N3O/c18-13-5-2-1-4-12(13)16(25)22-8-3-9-24-14(11-6-7-11)10-15(23-24)17(19,20)21/h1-2,4-5,10-11H,3,6-9H2,(H,22,25). The van der Waals surface area contributed by atoms with Crippen LogP contribution in [0.4, 0.5) is 13.2 Å². The van der Waals surface area contributed by atoms with Gasteiger partial charge in [-0.15, -0.1) is 0 Å². The van der Waals surface area contributed by atoms with Crippen LogP contribution in [0.1, 0.15) is 46.9 Å². The second kappa shape index (κ2) is 7.07. The SMILES string of the molecule is O=C(NCCCn1nc(C(F)(F)F)cc1C1CC1)c1ccccc1Cl. The number of nitrogens with zero attached hydrogens (tertiary/aromatic N) is 2. The summed E-state index contributed by atoms with van der Waals surface area (Å²) in [7, 11) is 0. The number of hydrogen-bond donors (Lipinski definition) is 1. The average Bonchev–Trinajstić information content (AvgIpc) is 3.30. The first-order chi connectivity index (χ1) is 11.9. The fourth-order valence-electron chi connectivity index (χ4n) is 2.63. The van der Waals surface area contributed by atoms with Crippen molar-refractivity contribution in [2.75, 3.05) is 6.54 Å². The fraction of sp³-hybridized carbons (Fsp3) is 0.412. The molecule has 1 N–H and O–H groups in total. The summed E-state index contributed by atoms with van der Waals surface area (Å²) < 4.78 is 39.9. The number of alkyl halides is 3. The van der Waals surface area contributed by atoms with E-state index in [2.05, 4.69) is 10.4 Å². The third-order valence-corrected chi connectivity index (χ3v) is 4.38. The van der Waals surface area contributed by atoms with E-state index < -0.39 is 11.9 Å². The topological polar surface area (TPSA) is 46.9 Å². The lowest BCUT2D eigenvalue weighted by molar-refractivity contribution is -0.141. The van der Waals surface area contributed by atoms with Crippen LogP contribution in [0.5, 0.6) is 0 Å². The van der Waals surface area contributed by atoms with E-state index in [1.807, 2.05) is 0 Å². The first-order valence-corrected chi connectivity index (χ1v) is 8.41. The maximum Gasteiger partial charge on any atom is 0.435 e. The largest absolute Gasteiger partial charge is 0.435 e. The van der Waals surface area contributed by atoms with Crippen LogP contribution in [-0.2, 0) is 12.7 Å². The molecule has 1 aromatic heterocycles. The second-order valence-corrected chi connectivity index (χ2v) is 6.45. The molecule has 1 aliphatic rings. The molecule has 0 unspecified atom stereocenters. The van der Waals surface area contributed by atoms with Crippen molar-refractivity contribution in [2.45, 2.75) is 37.9 Å². The molecule has 3 rings (SSSR count). The molecule has 25 heavy (non-hydrogen) atoms. The summed E-state index contributed by atoms with van der Waals surface area (Å²) in [5.74, 6) is -0.134. The monoisotopic (exact) mass is 371 g/mol. The summed E-state index contributed by atoms with van der Waals surface area (Å²) in [6.45, 7) is 0.653. The minimum Gasteiger partial charge on any atom is -0.352 e. The van der Waals surface area contributed by atoms with Gasteiger partial charge in [0.2, 0.25) is 0 Å². The molecule has 1 aliphatic carbocycles. The van der Waals surface area contributed by atoms with Crippen LogP contribution >= 0.6 is 11.6 Å². The minimum atomic E-state index is -4.44. The van der Waals surface area contributed by atoms with E-state index in [1.54, 1.807) is 24.3 Å². The highest BCUT2D eigenvalue weighted by atomic mass is 35.5. The van der Waals surface area contributed by atoms with E-state index >= 15 is 0 Å². The maximum atomic E-state index is 12.8. The number of aromatic nitrogens is 2. The van der Waals surface area contributed by atoms with Gasteiger partial charge in [0.25, 0.3) is 5.91 Å². The molecule has 1 fully saturated rings. The van der Waals surface area contributed by atoms with Gasteiger partial charge < -0.3 is 5.32 Å². The number of nitrogens with one attached hydrogen (secondary N) is 1. The zero-order chi connectivity index (χ0) is 18.0. The Labute approximate surface area is 148 Å². The smallest absolute Gasteiger partial charge is 0.352 e. The number of carbonyl (C=O) groups excluding carboxylic acids is 1. The Kier molecular flexibility index (Phi) is 5.03. The second-order valence-electron chi connectivity index (χ2n) is 6.04. The van der Waals surface area contributed by atoms with Crippen molar-refractivity contribution in [3.05, 3.63) is 52.3 Å². The molecule has 1 heterocycles. The van der Waals surface area contributed by atoms with Crippen molar-refractivity contribution in [2.24, 2.45) is 0 Å². The first-order valence-electron chi connectivity index (χ1n) is 8.04. The van der Waals surface area contributed by atoms with Crippen molar-refractivity contribution >= 4 is 17.5 Å². The fourth-order valence-corrected chi connectivity index (χ4v) is 2.85. The van der Waals surface area contributed by atoms with E-state index in [9.17, 15) is 18.0 Å². The zero-order valence-corrected chi connectivity index (χ0v) is 14.1. The molecule has 134 valence electrons. The lowest BCUT2D eigenvalue weighted by Gasteiger charge is -2.09. The van der Waals surface area contributed by atoms with Gasteiger partial charge in [-0.1, -0.05) is 23.7 Å². The van der Waals surface area contributed by atoms with Gasteiger partial charge in [0.05, 0.1) is 10.6 Å². The molecule has 0 atom stereocenters. The number of amides is 1. The molecular weight excluding hydrogens is 355 g/mol. The predicted octanol–water partition coefficient (Wildman–Crippen LogP) is 4.25. The normalized spacial score (nSPS) is 14.6. The molecule has 4 nitrogen and oxygen atoms in total. The Morgan fingerprint density at radius 1 is 1.32 bits per heavy atom. The van der Waals surface area contributed by atoms with Gasteiger partial charge in [0, 0.05) is 24.7 Å². The molecule has 0 aliphatic heterocycles. The summed E-state index contributed by atoms with van der Waals surface area (Å²) >= 11 is 5.95. The highest BCUT2D eigenvalue weighted by Crippen LogP contribution is 2.42. The van der Waals surface area contributed by atoms with Crippen LogP contribution in [0.15, 0.2) is 30.3 Å². The van der Waals surface area contributed by atoms with Gasteiger partial charge >= 0.3 is 6.18 Å². The molecular formula is C17H17ClF3N3O.